The van der Waals surface area contributed by atoms with Crippen molar-refractivity contribution >= 4 is 36.2 Å². The van der Waals surface area contributed by atoms with Crippen molar-refractivity contribution in [1.29, 1.82) is 0 Å². The van der Waals surface area contributed by atoms with Crippen LogP contribution in [0.3, 0.4) is 0 Å². The van der Waals surface area contributed by atoms with E-state index in [0.29, 0.717) is 11.0 Å². The lowest BCUT2D eigenvalue weighted by Gasteiger charge is -2.32. The topological polar surface area (TPSA) is 112 Å². The number of alkyl carbamates (subject to hydrolysis) is 1. The minimum atomic E-state index is -1.29. The number of rotatable bonds is 7. The lowest BCUT2D eigenvalue weighted by molar-refractivity contribution is -0.156. The minimum Gasteiger partial charge on any atom is -0.453 e. The smallest absolute Gasteiger partial charge is 0.453 e. The molecular formula is C30H39BF2N2O7. The molecule has 3 rings (SSSR count). The van der Waals surface area contributed by atoms with Crippen molar-refractivity contribution in [3.8, 4) is 0 Å². The van der Waals surface area contributed by atoms with Gasteiger partial charge in [-0.3, -0.25) is 9.59 Å². The number of benzene rings is 2. The predicted molar refractivity (Wildman–Crippen MR) is 155 cm³/mol. The molecule has 9 nitrogen and oxygen atoms in total. The number of amides is 2. The molecule has 2 N–H and O–H groups in total. The Morgan fingerprint density at radius 1 is 0.929 bits per heavy atom. The lowest BCUT2D eigenvalue weighted by atomic mass is 9.75. The van der Waals surface area contributed by atoms with Crippen molar-refractivity contribution in [2.75, 3.05) is 11.9 Å². The van der Waals surface area contributed by atoms with Gasteiger partial charge in [-0.05, 0) is 110 Å². The first-order valence-corrected chi connectivity index (χ1v) is 13.6. The Labute approximate surface area is 245 Å². The second-order valence-electron chi connectivity index (χ2n) is 12.7. The Morgan fingerprint density at radius 3 is 2.07 bits per heavy atom. The van der Waals surface area contributed by atoms with Crippen molar-refractivity contribution in [2.24, 2.45) is 0 Å². The first-order chi connectivity index (χ1) is 19.1. The SMILES string of the molecule is Cc1c(NC(=O)c2ccc(C(C)(C)OC(=O)CNC(=O)OC(C)(C)C)cc2F)cc(F)cc1B1OC(C)(C)C(C)(C)O1. The molecule has 0 radical (unpaired) electrons. The van der Waals surface area contributed by atoms with E-state index in [1.165, 1.54) is 18.2 Å². The van der Waals surface area contributed by atoms with Crippen LogP contribution in [-0.2, 0) is 29.2 Å². The van der Waals surface area contributed by atoms with Crippen LogP contribution in [0.2, 0.25) is 0 Å². The molecule has 1 aliphatic rings. The molecule has 0 aromatic heterocycles. The molecule has 12 heteroatoms. The lowest BCUT2D eigenvalue weighted by Crippen LogP contribution is -2.41. The fourth-order valence-corrected chi connectivity index (χ4v) is 4.15. The van der Waals surface area contributed by atoms with Crippen molar-refractivity contribution in [3.05, 3.63) is 58.7 Å². The number of ether oxygens (including phenoxy) is 2. The number of anilines is 1. The molecule has 1 saturated heterocycles. The Hall–Kier alpha value is -3.51. The third kappa shape index (κ3) is 7.66. The van der Waals surface area contributed by atoms with E-state index in [-0.39, 0.29) is 16.8 Å². The quantitative estimate of drug-likeness (QED) is 0.341. The van der Waals surface area contributed by atoms with Crippen LogP contribution in [0.5, 0.6) is 0 Å². The zero-order chi connectivity index (χ0) is 31.8. The van der Waals surface area contributed by atoms with Crippen LogP contribution in [-0.4, -0.2) is 48.4 Å². The first kappa shape index (κ1) is 33.0. The average molecular weight is 588 g/mol. The van der Waals surface area contributed by atoms with E-state index in [0.717, 1.165) is 12.1 Å². The average Bonchev–Trinajstić information content (AvgIpc) is 3.04. The van der Waals surface area contributed by atoms with E-state index in [2.05, 4.69) is 10.6 Å². The number of nitrogens with one attached hydrogen (secondary N) is 2. The van der Waals surface area contributed by atoms with Gasteiger partial charge in [0.1, 0.15) is 29.4 Å². The summed E-state index contributed by atoms with van der Waals surface area (Å²) in [5.74, 6) is -3.07. The molecule has 0 spiro atoms. The number of esters is 1. The predicted octanol–water partition coefficient (Wildman–Crippen LogP) is 5.13. The zero-order valence-corrected chi connectivity index (χ0v) is 25.8. The van der Waals surface area contributed by atoms with Crippen LogP contribution < -0.4 is 16.1 Å². The van der Waals surface area contributed by atoms with Crippen LogP contribution in [0.15, 0.2) is 30.3 Å². The number of carbonyl (C=O) groups excluding carboxylic acids is 3. The summed E-state index contributed by atoms with van der Waals surface area (Å²) in [6.07, 6.45) is -0.782. The molecule has 1 fully saturated rings. The van der Waals surface area contributed by atoms with Gasteiger partial charge in [-0.15, -0.1) is 0 Å². The van der Waals surface area contributed by atoms with E-state index < -0.39 is 65.7 Å². The molecule has 0 saturated carbocycles. The molecule has 228 valence electrons. The van der Waals surface area contributed by atoms with Crippen LogP contribution in [0, 0.1) is 18.6 Å². The molecule has 2 aromatic rings. The molecule has 1 heterocycles. The summed E-state index contributed by atoms with van der Waals surface area (Å²) >= 11 is 0. The van der Waals surface area contributed by atoms with Gasteiger partial charge in [0, 0.05) is 5.69 Å². The van der Waals surface area contributed by atoms with Gasteiger partial charge in [-0.1, -0.05) is 6.07 Å². The monoisotopic (exact) mass is 588 g/mol. The molecule has 0 atom stereocenters. The molecule has 42 heavy (non-hydrogen) atoms. The van der Waals surface area contributed by atoms with Gasteiger partial charge in [0.25, 0.3) is 5.91 Å². The highest BCUT2D eigenvalue weighted by atomic mass is 19.1. The Kier molecular flexibility index (Phi) is 9.15. The second kappa shape index (κ2) is 11.6. The molecular weight excluding hydrogens is 549 g/mol. The molecule has 2 amide bonds. The van der Waals surface area contributed by atoms with Gasteiger partial charge in [0.15, 0.2) is 0 Å². The summed E-state index contributed by atoms with van der Waals surface area (Å²) in [4.78, 5) is 37.2. The normalized spacial score (nSPS) is 16.1. The summed E-state index contributed by atoms with van der Waals surface area (Å²) in [7, 11) is -0.860. The number of halogens is 2. The van der Waals surface area contributed by atoms with Gasteiger partial charge >= 0.3 is 19.2 Å². The van der Waals surface area contributed by atoms with Crippen molar-refractivity contribution < 1.29 is 41.9 Å². The Bertz CT molecular complexity index is 1370. The maximum absolute atomic E-state index is 15.2. The van der Waals surface area contributed by atoms with Gasteiger partial charge in [-0.25, -0.2) is 13.6 Å². The maximum Gasteiger partial charge on any atom is 0.495 e. The van der Waals surface area contributed by atoms with E-state index >= 15 is 4.39 Å². The third-order valence-electron chi connectivity index (χ3n) is 7.22. The maximum atomic E-state index is 15.2. The highest BCUT2D eigenvalue weighted by Gasteiger charge is 2.52. The standard InChI is InChI=1S/C30H39BF2N2O7/c1-17-21(31-41-29(7,8)30(9,10)42-31)14-19(32)15-23(17)35-25(37)20-12-11-18(13-22(20)33)28(5,6)39-24(36)16-34-26(38)40-27(2,3)4/h11-15H,16H2,1-10H3,(H,34,38)(H,35,37). The van der Waals surface area contributed by atoms with Crippen LogP contribution in [0.25, 0.3) is 0 Å². The largest absolute Gasteiger partial charge is 0.495 e. The van der Waals surface area contributed by atoms with Crippen LogP contribution in [0.1, 0.15) is 83.8 Å². The van der Waals surface area contributed by atoms with Gasteiger partial charge in [-0.2, -0.15) is 0 Å². The van der Waals surface area contributed by atoms with E-state index in [1.807, 2.05) is 27.7 Å². The van der Waals surface area contributed by atoms with E-state index in [1.54, 1.807) is 41.5 Å². The van der Waals surface area contributed by atoms with Crippen LogP contribution >= 0.6 is 0 Å². The van der Waals surface area contributed by atoms with Crippen molar-refractivity contribution in [2.45, 2.75) is 91.6 Å². The Morgan fingerprint density at radius 2 is 1.52 bits per heavy atom. The van der Waals surface area contributed by atoms with Crippen molar-refractivity contribution in [1.82, 2.24) is 5.32 Å². The van der Waals surface area contributed by atoms with Gasteiger partial charge in [0.2, 0.25) is 0 Å². The van der Waals surface area contributed by atoms with Crippen molar-refractivity contribution in [3.63, 3.8) is 0 Å². The highest BCUT2D eigenvalue weighted by Crippen LogP contribution is 2.37. The first-order valence-electron chi connectivity index (χ1n) is 13.6. The number of carbonyl (C=O) groups is 3. The molecule has 2 aromatic carbocycles. The van der Waals surface area contributed by atoms with Gasteiger partial charge < -0.3 is 29.4 Å². The summed E-state index contributed by atoms with van der Waals surface area (Å²) in [6, 6.07) is 6.20. The summed E-state index contributed by atoms with van der Waals surface area (Å²) in [6.45, 7) is 16.9. The Balaban J connectivity index is 1.73. The summed E-state index contributed by atoms with van der Waals surface area (Å²) in [5, 5.41) is 4.88. The number of hydrogen-bond acceptors (Lipinski definition) is 7. The summed E-state index contributed by atoms with van der Waals surface area (Å²) < 4.78 is 52.4. The zero-order valence-electron chi connectivity index (χ0n) is 25.8. The van der Waals surface area contributed by atoms with Gasteiger partial charge in [0.05, 0.1) is 16.8 Å². The highest BCUT2D eigenvalue weighted by molar-refractivity contribution is 6.62. The molecule has 1 aliphatic heterocycles. The van der Waals surface area contributed by atoms with Crippen LogP contribution in [0.4, 0.5) is 19.3 Å². The molecule has 0 aliphatic carbocycles. The minimum absolute atomic E-state index is 0.139. The van der Waals surface area contributed by atoms with E-state index in [4.69, 9.17) is 18.8 Å². The third-order valence-corrected chi connectivity index (χ3v) is 7.22. The fourth-order valence-electron chi connectivity index (χ4n) is 4.15. The number of hydrogen-bond donors (Lipinski definition) is 2. The fraction of sp³-hybridized carbons (Fsp3) is 0.500. The molecule has 0 bridgehead atoms. The molecule has 0 unspecified atom stereocenters. The summed E-state index contributed by atoms with van der Waals surface area (Å²) in [5.41, 5.74) is -2.30. The van der Waals surface area contributed by atoms with E-state index in [9.17, 15) is 18.8 Å². The second-order valence-corrected chi connectivity index (χ2v) is 12.7.